The van der Waals surface area contributed by atoms with E-state index in [0.717, 1.165) is 4.90 Å². The van der Waals surface area contributed by atoms with Gasteiger partial charge in [-0.15, -0.1) is 0 Å². The van der Waals surface area contributed by atoms with Gasteiger partial charge in [-0.25, -0.2) is 4.79 Å². The Morgan fingerprint density at radius 1 is 1.15 bits per heavy atom. The molecule has 1 heterocycles. The number of benzene rings is 1. The molecule has 0 fully saturated rings. The molecule has 2 rings (SSSR count). The van der Waals surface area contributed by atoms with Gasteiger partial charge in [0.2, 0.25) is 5.76 Å². The van der Waals surface area contributed by atoms with E-state index in [-0.39, 0.29) is 5.56 Å². The van der Waals surface area contributed by atoms with Crippen LogP contribution in [0.1, 0.15) is 10.4 Å². The molecule has 2 aromatic rings. The minimum absolute atomic E-state index is 0.177. The van der Waals surface area contributed by atoms with E-state index >= 15 is 0 Å². The van der Waals surface area contributed by atoms with Gasteiger partial charge in [0.15, 0.2) is 10.9 Å². The Morgan fingerprint density at radius 3 is 2.50 bits per heavy atom. The van der Waals surface area contributed by atoms with Gasteiger partial charge in [-0.1, -0.05) is 30.0 Å². The highest BCUT2D eigenvalue weighted by Gasteiger charge is 2.12. The van der Waals surface area contributed by atoms with E-state index in [2.05, 4.69) is 0 Å². The average Bonchev–Trinajstić information content (AvgIpc) is 2.88. The van der Waals surface area contributed by atoms with Crippen LogP contribution in [0, 0.1) is 0 Å². The molecular weight excluding hydrogens is 280 g/mol. The van der Waals surface area contributed by atoms with Gasteiger partial charge in [-0.05, 0) is 12.1 Å². The summed E-state index contributed by atoms with van der Waals surface area (Å²) in [6.07, 6.45) is 1.86. The number of allylic oxidation sites excluding steroid dienone is 1. The number of furan rings is 1. The van der Waals surface area contributed by atoms with Crippen LogP contribution in [0.2, 0.25) is 0 Å². The fraction of sp³-hybridized carbons (Fsp3) is 0. The summed E-state index contributed by atoms with van der Waals surface area (Å²) in [6, 6.07) is 10.9. The van der Waals surface area contributed by atoms with Crippen LogP contribution < -0.4 is 0 Å². The van der Waals surface area contributed by atoms with Crippen molar-refractivity contribution in [2.75, 3.05) is 0 Å². The number of hydrogen-bond acceptors (Lipinski definition) is 5. The largest absolute Gasteiger partial charge is 0.502 e. The maximum atomic E-state index is 11.7. The van der Waals surface area contributed by atoms with E-state index in [9.17, 15) is 9.59 Å². The third kappa shape index (κ3) is 3.52. The zero-order chi connectivity index (χ0) is 14.5. The number of carboxylic acids is 1. The van der Waals surface area contributed by atoms with Crippen LogP contribution >= 0.6 is 11.8 Å². The molecule has 0 atom stereocenters. The molecular formula is C14H10O5S. The Morgan fingerprint density at radius 2 is 1.85 bits per heavy atom. The van der Waals surface area contributed by atoms with Crippen LogP contribution in [0.3, 0.4) is 0 Å². The van der Waals surface area contributed by atoms with Crippen LogP contribution in [-0.4, -0.2) is 22.0 Å². The number of hydrogen-bond donors (Lipinski definition) is 2. The number of carbonyl (C=O) groups is 2. The minimum atomic E-state index is -1.55. The second-order valence-corrected chi connectivity index (χ2v) is 4.85. The smallest absolute Gasteiger partial charge is 0.371 e. The van der Waals surface area contributed by atoms with Gasteiger partial charge < -0.3 is 14.6 Å². The van der Waals surface area contributed by atoms with E-state index in [1.165, 1.54) is 24.1 Å². The number of aliphatic hydroxyl groups excluding tert-OH is 1. The van der Waals surface area contributed by atoms with Gasteiger partial charge >= 0.3 is 5.97 Å². The molecule has 0 aliphatic rings. The monoisotopic (exact) mass is 290 g/mol. The van der Waals surface area contributed by atoms with Crippen LogP contribution in [0.5, 0.6) is 0 Å². The van der Waals surface area contributed by atoms with Crippen molar-refractivity contribution in [3.63, 3.8) is 0 Å². The topological polar surface area (TPSA) is 87.7 Å². The molecule has 0 radical (unpaired) electrons. The van der Waals surface area contributed by atoms with Gasteiger partial charge in [0.25, 0.3) is 0 Å². The highest BCUT2D eigenvalue weighted by Crippen LogP contribution is 2.29. The van der Waals surface area contributed by atoms with Crippen LogP contribution in [0.25, 0.3) is 0 Å². The summed E-state index contributed by atoms with van der Waals surface area (Å²) in [5.74, 6) is -3.19. The fourth-order valence-electron chi connectivity index (χ4n) is 1.37. The average molecular weight is 290 g/mol. The first kappa shape index (κ1) is 14.0. The molecule has 1 aromatic heterocycles. The predicted octanol–water partition coefficient (Wildman–Crippen LogP) is 3.14. The minimum Gasteiger partial charge on any atom is -0.502 e. The van der Waals surface area contributed by atoms with Gasteiger partial charge in [-0.2, -0.15) is 0 Å². The van der Waals surface area contributed by atoms with Crippen LogP contribution in [-0.2, 0) is 4.79 Å². The number of ketones is 1. The van der Waals surface area contributed by atoms with Crippen molar-refractivity contribution >= 4 is 23.5 Å². The normalized spacial score (nSPS) is 11.3. The number of carbonyl (C=O) groups excluding carboxylic acids is 1. The molecule has 0 aliphatic heterocycles. The summed E-state index contributed by atoms with van der Waals surface area (Å²) in [6.45, 7) is 0. The molecule has 0 saturated heterocycles. The van der Waals surface area contributed by atoms with E-state index in [1.54, 1.807) is 0 Å². The van der Waals surface area contributed by atoms with Gasteiger partial charge in [0.05, 0.1) is 5.56 Å². The van der Waals surface area contributed by atoms with Gasteiger partial charge in [0, 0.05) is 17.0 Å². The number of aliphatic hydroxyl groups is 1. The number of carboxylic acid groups (broad SMARTS) is 1. The quantitative estimate of drug-likeness (QED) is 0.499. The number of aliphatic carboxylic acids is 1. The second-order valence-electron chi connectivity index (χ2n) is 3.77. The summed E-state index contributed by atoms with van der Waals surface area (Å²) >= 11 is 1.33. The molecule has 20 heavy (non-hydrogen) atoms. The zero-order valence-electron chi connectivity index (χ0n) is 10.1. The Labute approximate surface area is 118 Å². The molecule has 0 spiro atoms. The van der Waals surface area contributed by atoms with Crippen molar-refractivity contribution in [2.24, 2.45) is 0 Å². The van der Waals surface area contributed by atoms with Crippen LogP contribution in [0.15, 0.2) is 68.9 Å². The zero-order valence-corrected chi connectivity index (χ0v) is 11.0. The lowest BCUT2D eigenvalue weighted by Crippen LogP contribution is -2.03. The molecule has 5 nitrogen and oxygen atoms in total. The van der Waals surface area contributed by atoms with E-state index in [4.69, 9.17) is 14.6 Å². The SMILES string of the molecule is O=C(O)/C(O)=C/C(=O)c1coc(Sc2ccccc2)c1. The highest BCUT2D eigenvalue weighted by molar-refractivity contribution is 7.99. The van der Waals surface area contributed by atoms with Crippen LogP contribution in [0.4, 0.5) is 0 Å². The van der Waals surface area contributed by atoms with E-state index in [0.29, 0.717) is 11.2 Å². The van der Waals surface area contributed by atoms with E-state index in [1.807, 2.05) is 30.3 Å². The molecule has 0 aliphatic carbocycles. The maximum Gasteiger partial charge on any atom is 0.371 e. The first-order chi connectivity index (χ1) is 9.56. The summed E-state index contributed by atoms with van der Waals surface area (Å²) in [4.78, 5) is 23.0. The van der Waals surface area contributed by atoms with Crippen molar-refractivity contribution in [1.82, 2.24) is 0 Å². The van der Waals surface area contributed by atoms with Crippen molar-refractivity contribution in [3.05, 3.63) is 60.1 Å². The first-order valence-electron chi connectivity index (χ1n) is 5.56. The highest BCUT2D eigenvalue weighted by atomic mass is 32.2. The maximum absolute atomic E-state index is 11.7. The molecule has 0 saturated carbocycles. The Bertz CT molecular complexity index is 657. The summed E-state index contributed by atoms with van der Waals surface area (Å²) in [5.41, 5.74) is 0.177. The van der Waals surface area contributed by atoms with Crippen molar-refractivity contribution in [1.29, 1.82) is 0 Å². The van der Waals surface area contributed by atoms with E-state index < -0.39 is 17.5 Å². The molecule has 2 N–H and O–H groups in total. The standard InChI is InChI=1S/C14H10O5S/c15-11(7-12(16)14(17)18)9-6-13(19-8-9)20-10-4-2-1-3-5-10/h1-8,16H,(H,17,18)/b12-7-. The lowest BCUT2D eigenvalue weighted by molar-refractivity contribution is -0.135. The van der Waals surface area contributed by atoms with Crippen molar-refractivity contribution in [2.45, 2.75) is 9.99 Å². The first-order valence-corrected chi connectivity index (χ1v) is 6.37. The lowest BCUT2D eigenvalue weighted by Gasteiger charge is -1.95. The summed E-state index contributed by atoms with van der Waals surface area (Å²) in [5, 5.41) is 18.0. The Balaban J connectivity index is 2.11. The Hall–Kier alpha value is -2.47. The van der Waals surface area contributed by atoms with Crippen molar-refractivity contribution in [3.8, 4) is 0 Å². The lowest BCUT2D eigenvalue weighted by atomic mass is 10.2. The third-order valence-electron chi connectivity index (χ3n) is 2.31. The molecule has 0 unspecified atom stereocenters. The fourth-order valence-corrected chi connectivity index (χ4v) is 2.18. The molecule has 0 bridgehead atoms. The molecule has 0 amide bonds. The molecule has 102 valence electrons. The van der Waals surface area contributed by atoms with Crippen molar-refractivity contribution < 1.29 is 24.2 Å². The summed E-state index contributed by atoms with van der Waals surface area (Å²) in [7, 11) is 0. The number of rotatable bonds is 5. The second kappa shape index (κ2) is 6.12. The predicted molar refractivity (Wildman–Crippen MR) is 72.0 cm³/mol. The van der Waals surface area contributed by atoms with Gasteiger partial charge in [0.1, 0.15) is 6.26 Å². The molecule has 1 aromatic carbocycles. The summed E-state index contributed by atoms with van der Waals surface area (Å²) < 4.78 is 5.22. The third-order valence-corrected chi connectivity index (χ3v) is 3.23. The molecule has 6 heteroatoms. The Kier molecular flexibility index (Phi) is 4.27. The van der Waals surface area contributed by atoms with Gasteiger partial charge in [-0.3, -0.25) is 4.79 Å².